The standard InChI is InChI=1S/C12H19N5OS2/c1-2-3-9(11(13)19)16-4-6-17(7-5-16)12(18)10-8-14-15-20-10/h8-9H,2-7H2,1H3,(H2,13,19). The van der Waals surface area contributed by atoms with Gasteiger partial charge in [0.25, 0.3) is 5.91 Å². The monoisotopic (exact) mass is 313 g/mol. The fourth-order valence-electron chi connectivity index (χ4n) is 2.43. The maximum atomic E-state index is 12.2. The van der Waals surface area contributed by atoms with Crippen LogP contribution >= 0.6 is 23.8 Å². The van der Waals surface area contributed by atoms with Crippen molar-refractivity contribution in [1.82, 2.24) is 19.4 Å². The predicted octanol–water partition coefficient (Wildman–Crippen LogP) is 0.751. The molecule has 2 rings (SSSR count). The normalized spacial score (nSPS) is 17.9. The van der Waals surface area contributed by atoms with E-state index in [9.17, 15) is 4.79 Å². The van der Waals surface area contributed by atoms with Gasteiger partial charge >= 0.3 is 0 Å². The fraction of sp³-hybridized carbons (Fsp3) is 0.667. The average Bonchev–Trinajstić information content (AvgIpc) is 2.98. The van der Waals surface area contributed by atoms with Crippen LogP contribution in [0.15, 0.2) is 6.20 Å². The van der Waals surface area contributed by atoms with Crippen LogP contribution in [0.2, 0.25) is 0 Å². The van der Waals surface area contributed by atoms with Gasteiger partial charge in [0.2, 0.25) is 0 Å². The zero-order valence-corrected chi connectivity index (χ0v) is 13.1. The van der Waals surface area contributed by atoms with E-state index in [1.807, 2.05) is 4.90 Å². The summed E-state index contributed by atoms with van der Waals surface area (Å²) in [5.41, 5.74) is 5.82. The number of hydrogen-bond acceptors (Lipinski definition) is 6. The molecule has 1 saturated heterocycles. The Morgan fingerprint density at radius 1 is 1.50 bits per heavy atom. The Bertz CT molecular complexity index is 456. The van der Waals surface area contributed by atoms with Gasteiger partial charge in [-0.15, -0.1) is 5.10 Å². The van der Waals surface area contributed by atoms with Crippen molar-refractivity contribution in [2.75, 3.05) is 26.2 Å². The van der Waals surface area contributed by atoms with E-state index in [-0.39, 0.29) is 11.9 Å². The molecule has 0 spiro atoms. The average molecular weight is 313 g/mol. The topological polar surface area (TPSA) is 75.3 Å². The Balaban J connectivity index is 1.91. The zero-order chi connectivity index (χ0) is 14.5. The highest BCUT2D eigenvalue weighted by atomic mass is 32.1. The van der Waals surface area contributed by atoms with E-state index in [0.29, 0.717) is 23.0 Å². The highest BCUT2D eigenvalue weighted by molar-refractivity contribution is 7.80. The predicted molar refractivity (Wildman–Crippen MR) is 82.9 cm³/mol. The molecule has 0 radical (unpaired) electrons. The van der Waals surface area contributed by atoms with Crippen molar-refractivity contribution in [2.24, 2.45) is 5.73 Å². The molecule has 0 aromatic carbocycles. The zero-order valence-electron chi connectivity index (χ0n) is 11.5. The molecule has 0 saturated carbocycles. The van der Waals surface area contributed by atoms with Crippen LogP contribution in [0.3, 0.4) is 0 Å². The third-order valence-electron chi connectivity index (χ3n) is 3.50. The SMILES string of the molecule is CCCC(C(N)=S)N1CCN(C(=O)c2cnns2)CC1. The molecule has 1 aromatic rings. The van der Waals surface area contributed by atoms with Crippen molar-refractivity contribution in [1.29, 1.82) is 0 Å². The van der Waals surface area contributed by atoms with Crippen LogP contribution in [0.1, 0.15) is 29.4 Å². The molecule has 1 aliphatic heterocycles. The number of rotatable bonds is 5. The third-order valence-corrected chi connectivity index (χ3v) is 4.43. The van der Waals surface area contributed by atoms with Crippen LogP contribution < -0.4 is 5.73 Å². The largest absolute Gasteiger partial charge is 0.392 e. The molecule has 8 heteroatoms. The molecular formula is C12H19N5OS2. The molecule has 1 atom stereocenters. The summed E-state index contributed by atoms with van der Waals surface area (Å²) in [6.45, 7) is 5.13. The minimum absolute atomic E-state index is 0.0158. The Morgan fingerprint density at radius 2 is 2.20 bits per heavy atom. The van der Waals surface area contributed by atoms with Crippen molar-refractivity contribution < 1.29 is 4.79 Å². The number of hydrogen-bond donors (Lipinski definition) is 1. The maximum Gasteiger partial charge on any atom is 0.267 e. The quantitative estimate of drug-likeness (QED) is 0.809. The highest BCUT2D eigenvalue weighted by Crippen LogP contribution is 2.14. The van der Waals surface area contributed by atoms with Gasteiger partial charge in [0.15, 0.2) is 0 Å². The Morgan fingerprint density at radius 3 is 2.70 bits per heavy atom. The van der Waals surface area contributed by atoms with Crippen molar-refractivity contribution in [2.45, 2.75) is 25.8 Å². The van der Waals surface area contributed by atoms with E-state index < -0.39 is 0 Å². The molecule has 1 aromatic heterocycles. The molecule has 110 valence electrons. The Kier molecular flexibility index (Phi) is 5.38. The summed E-state index contributed by atoms with van der Waals surface area (Å²) in [5.74, 6) is 0.0158. The van der Waals surface area contributed by atoms with Gasteiger partial charge in [-0.3, -0.25) is 9.69 Å². The van der Waals surface area contributed by atoms with E-state index >= 15 is 0 Å². The van der Waals surface area contributed by atoms with Crippen LogP contribution in [-0.4, -0.2) is 62.5 Å². The number of nitrogens with two attached hydrogens (primary N) is 1. The Labute approximate surface area is 128 Å². The minimum Gasteiger partial charge on any atom is -0.392 e. The lowest BCUT2D eigenvalue weighted by Crippen LogP contribution is -2.54. The number of amides is 1. The molecule has 1 unspecified atom stereocenters. The van der Waals surface area contributed by atoms with Gasteiger partial charge in [-0.05, 0) is 18.0 Å². The second-order valence-electron chi connectivity index (χ2n) is 4.82. The molecule has 1 fully saturated rings. The first-order valence-corrected chi connectivity index (χ1v) is 7.91. The summed E-state index contributed by atoms with van der Waals surface area (Å²) in [6.07, 6.45) is 3.55. The van der Waals surface area contributed by atoms with Crippen LogP contribution in [0.4, 0.5) is 0 Å². The van der Waals surface area contributed by atoms with Crippen molar-refractivity contribution in [3.63, 3.8) is 0 Å². The molecule has 2 N–H and O–H groups in total. The van der Waals surface area contributed by atoms with Gasteiger partial charge in [0.05, 0.1) is 17.2 Å². The number of carbonyl (C=O) groups is 1. The lowest BCUT2D eigenvalue weighted by Gasteiger charge is -2.38. The molecule has 6 nitrogen and oxygen atoms in total. The van der Waals surface area contributed by atoms with E-state index in [4.69, 9.17) is 18.0 Å². The van der Waals surface area contributed by atoms with Crippen LogP contribution in [0, 0.1) is 0 Å². The number of carbonyl (C=O) groups excluding carboxylic acids is 1. The van der Waals surface area contributed by atoms with Crippen LogP contribution in [-0.2, 0) is 0 Å². The molecule has 2 heterocycles. The van der Waals surface area contributed by atoms with Crippen LogP contribution in [0.5, 0.6) is 0 Å². The molecule has 0 aliphatic carbocycles. The second kappa shape index (κ2) is 7.05. The van der Waals surface area contributed by atoms with Crippen molar-refractivity contribution in [3.8, 4) is 0 Å². The van der Waals surface area contributed by atoms with E-state index in [2.05, 4.69) is 21.4 Å². The molecule has 0 bridgehead atoms. The number of nitrogens with zero attached hydrogens (tertiary/aromatic N) is 4. The maximum absolute atomic E-state index is 12.2. The first-order valence-electron chi connectivity index (χ1n) is 6.73. The summed E-state index contributed by atoms with van der Waals surface area (Å²) >= 11 is 6.29. The molecule has 1 amide bonds. The molecule has 1 aliphatic rings. The Hall–Kier alpha value is -1.12. The summed E-state index contributed by atoms with van der Waals surface area (Å²) in [4.78, 5) is 17.5. The van der Waals surface area contributed by atoms with Crippen molar-refractivity contribution in [3.05, 3.63) is 11.1 Å². The van der Waals surface area contributed by atoms with Gasteiger partial charge in [-0.25, -0.2) is 0 Å². The van der Waals surface area contributed by atoms with Gasteiger partial charge in [-0.1, -0.05) is 30.1 Å². The number of thiocarbonyl (C=S) groups is 1. The van der Waals surface area contributed by atoms with E-state index in [1.165, 1.54) is 6.20 Å². The van der Waals surface area contributed by atoms with Gasteiger partial charge < -0.3 is 10.6 Å². The minimum atomic E-state index is 0.0158. The van der Waals surface area contributed by atoms with E-state index in [1.54, 1.807) is 0 Å². The molecular weight excluding hydrogens is 294 g/mol. The van der Waals surface area contributed by atoms with Gasteiger partial charge in [0, 0.05) is 26.2 Å². The summed E-state index contributed by atoms with van der Waals surface area (Å²) in [6, 6.07) is 0.150. The number of piperazine rings is 1. The second-order valence-corrected chi connectivity index (χ2v) is 6.07. The van der Waals surface area contributed by atoms with Gasteiger partial charge in [0.1, 0.15) is 4.88 Å². The fourth-order valence-corrected chi connectivity index (χ4v) is 3.18. The lowest BCUT2D eigenvalue weighted by molar-refractivity contribution is 0.0613. The summed E-state index contributed by atoms with van der Waals surface area (Å²) in [7, 11) is 0. The molecule has 20 heavy (non-hydrogen) atoms. The highest BCUT2D eigenvalue weighted by Gasteiger charge is 2.28. The first-order chi connectivity index (χ1) is 9.63. The third kappa shape index (κ3) is 3.50. The summed E-state index contributed by atoms with van der Waals surface area (Å²) < 4.78 is 3.73. The lowest BCUT2D eigenvalue weighted by atomic mass is 10.1. The first kappa shape index (κ1) is 15.3. The van der Waals surface area contributed by atoms with Gasteiger partial charge in [-0.2, -0.15) is 0 Å². The summed E-state index contributed by atoms with van der Waals surface area (Å²) in [5, 5.41) is 3.71. The smallest absolute Gasteiger partial charge is 0.267 e. The number of aromatic nitrogens is 2. The van der Waals surface area contributed by atoms with Crippen molar-refractivity contribution >= 4 is 34.6 Å². The van der Waals surface area contributed by atoms with E-state index in [0.717, 1.165) is 37.5 Å². The van der Waals surface area contributed by atoms with Crippen LogP contribution in [0.25, 0.3) is 0 Å².